The van der Waals surface area contributed by atoms with Crippen molar-refractivity contribution in [3.05, 3.63) is 0 Å². The number of likely N-dealkylation sites (N-methyl/N-ethyl adjacent to an activating group) is 2. The van der Waals surface area contributed by atoms with Crippen LogP contribution >= 0.6 is 0 Å². The maximum absolute atomic E-state index is 5.93. The number of unbranched alkanes of at least 4 members (excludes halogenated alkanes) is 18. The first-order valence-electron chi connectivity index (χ1n) is 17.6. The van der Waals surface area contributed by atoms with E-state index in [0.717, 1.165) is 54.9 Å². The standard InChI is InChI=1S/C35H76N2O2/c1-7-9-11-13-15-17-19-21-23-25-28-36(3,4)30-34-38-32-27-33-39-35-31-37(5,6)29-26-24-22-20-18-16-14-12-10-8-2/h7-35H2,1-6H3/q+2. The van der Waals surface area contributed by atoms with Crippen LogP contribution in [0.3, 0.4) is 0 Å². The smallest absolute Gasteiger partial charge is 0.102 e. The monoisotopic (exact) mass is 557 g/mol. The number of quaternary nitrogens is 2. The molecule has 0 fully saturated rings. The van der Waals surface area contributed by atoms with Gasteiger partial charge in [0, 0.05) is 13.2 Å². The van der Waals surface area contributed by atoms with E-state index in [1.165, 1.54) is 142 Å². The highest BCUT2D eigenvalue weighted by molar-refractivity contribution is 4.49. The Hall–Kier alpha value is -0.160. The second-order valence-corrected chi connectivity index (χ2v) is 13.7. The van der Waals surface area contributed by atoms with Crippen LogP contribution in [0.15, 0.2) is 0 Å². The summed E-state index contributed by atoms with van der Waals surface area (Å²) in [7, 11) is 9.43. The van der Waals surface area contributed by atoms with Gasteiger partial charge in [-0.05, 0) is 32.1 Å². The zero-order valence-corrected chi connectivity index (χ0v) is 28.2. The van der Waals surface area contributed by atoms with Gasteiger partial charge in [0.25, 0.3) is 0 Å². The summed E-state index contributed by atoms with van der Waals surface area (Å²) in [6, 6.07) is 0. The number of nitrogens with zero attached hydrogens (tertiary/aromatic N) is 2. The van der Waals surface area contributed by atoms with E-state index in [9.17, 15) is 0 Å². The highest BCUT2D eigenvalue weighted by Gasteiger charge is 2.15. The van der Waals surface area contributed by atoms with Gasteiger partial charge in [0.2, 0.25) is 0 Å². The Labute approximate surface area is 247 Å². The first kappa shape index (κ1) is 38.8. The van der Waals surface area contributed by atoms with Gasteiger partial charge in [0.1, 0.15) is 13.1 Å². The second-order valence-electron chi connectivity index (χ2n) is 13.7. The van der Waals surface area contributed by atoms with Crippen LogP contribution in [0.2, 0.25) is 0 Å². The number of ether oxygens (including phenoxy) is 2. The molecule has 0 N–H and O–H groups in total. The van der Waals surface area contributed by atoms with E-state index in [4.69, 9.17) is 9.47 Å². The van der Waals surface area contributed by atoms with Crippen molar-refractivity contribution in [2.45, 2.75) is 149 Å². The third-order valence-corrected chi connectivity index (χ3v) is 8.49. The molecule has 0 aliphatic heterocycles. The molecule has 39 heavy (non-hydrogen) atoms. The fourth-order valence-electron chi connectivity index (χ4n) is 5.37. The minimum Gasteiger partial charge on any atom is -0.376 e. The molecule has 0 bridgehead atoms. The number of hydrogen-bond donors (Lipinski definition) is 0. The maximum atomic E-state index is 5.93. The summed E-state index contributed by atoms with van der Waals surface area (Å²) in [5.41, 5.74) is 0. The lowest BCUT2D eigenvalue weighted by atomic mass is 10.1. The van der Waals surface area contributed by atoms with Crippen LogP contribution in [0.5, 0.6) is 0 Å². The zero-order valence-electron chi connectivity index (χ0n) is 28.2. The van der Waals surface area contributed by atoms with Gasteiger partial charge in [-0.25, -0.2) is 0 Å². The highest BCUT2D eigenvalue weighted by Crippen LogP contribution is 2.13. The predicted molar refractivity (Wildman–Crippen MR) is 174 cm³/mol. The summed E-state index contributed by atoms with van der Waals surface area (Å²) in [6.45, 7) is 12.8. The molecule has 4 heteroatoms. The molecule has 0 aromatic heterocycles. The number of hydrogen-bond acceptors (Lipinski definition) is 2. The topological polar surface area (TPSA) is 18.5 Å². The summed E-state index contributed by atoms with van der Waals surface area (Å²) < 4.78 is 14.0. The SMILES string of the molecule is CCCCCCCCCCCC[N+](C)(C)CCOCCCOCC[N+](C)(C)CCCCCCCCCCCC. The highest BCUT2D eigenvalue weighted by atomic mass is 16.5. The summed E-state index contributed by atoms with van der Waals surface area (Å²) in [6.07, 6.45) is 29.3. The lowest BCUT2D eigenvalue weighted by molar-refractivity contribution is -0.891. The molecule has 0 aromatic rings. The Balaban J connectivity index is 3.47. The van der Waals surface area contributed by atoms with Crippen molar-refractivity contribution in [1.29, 1.82) is 0 Å². The van der Waals surface area contributed by atoms with Crippen molar-refractivity contribution in [3.8, 4) is 0 Å². The molecule has 0 saturated heterocycles. The molecule has 0 heterocycles. The Morgan fingerprint density at radius 1 is 0.308 bits per heavy atom. The summed E-state index contributed by atoms with van der Waals surface area (Å²) in [5.74, 6) is 0. The van der Waals surface area contributed by atoms with Gasteiger partial charge in [0.05, 0.1) is 54.5 Å². The van der Waals surface area contributed by atoms with E-state index in [2.05, 4.69) is 42.0 Å². The fraction of sp³-hybridized carbons (Fsp3) is 1.00. The van der Waals surface area contributed by atoms with Crippen molar-refractivity contribution in [2.75, 3.05) is 80.8 Å². The Bertz CT molecular complexity index is 439. The van der Waals surface area contributed by atoms with E-state index in [1.807, 2.05) is 0 Å². The van der Waals surface area contributed by atoms with Gasteiger partial charge in [-0.15, -0.1) is 0 Å². The van der Waals surface area contributed by atoms with Gasteiger partial charge < -0.3 is 18.4 Å². The van der Waals surface area contributed by atoms with Crippen LogP contribution in [0.25, 0.3) is 0 Å². The Morgan fingerprint density at radius 2 is 0.590 bits per heavy atom. The molecule has 0 radical (unpaired) electrons. The van der Waals surface area contributed by atoms with Crippen molar-refractivity contribution < 1.29 is 18.4 Å². The minimum absolute atomic E-state index is 0.828. The molecule has 0 aliphatic rings. The van der Waals surface area contributed by atoms with Crippen LogP contribution in [-0.2, 0) is 9.47 Å². The second kappa shape index (κ2) is 28.0. The van der Waals surface area contributed by atoms with Crippen LogP contribution in [-0.4, -0.2) is 89.8 Å². The summed E-state index contributed by atoms with van der Waals surface area (Å²) >= 11 is 0. The third kappa shape index (κ3) is 30.6. The first-order chi connectivity index (χ1) is 18.8. The molecule has 0 rings (SSSR count). The van der Waals surface area contributed by atoms with E-state index in [0.29, 0.717) is 0 Å². The van der Waals surface area contributed by atoms with Crippen molar-refractivity contribution in [3.63, 3.8) is 0 Å². The summed E-state index contributed by atoms with van der Waals surface area (Å²) in [4.78, 5) is 0. The van der Waals surface area contributed by atoms with Gasteiger partial charge >= 0.3 is 0 Å². The molecular weight excluding hydrogens is 480 g/mol. The van der Waals surface area contributed by atoms with Crippen LogP contribution < -0.4 is 0 Å². The molecule has 4 nitrogen and oxygen atoms in total. The van der Waals surface area contributed by atoms with Crippen LogP contribution in [0, 0.1) is 0 Å². The van der Waals surface area contributed by atoms with Crippen LogP contribution in [0.4, 0.5) is 0 Å². The van der Waals surface area contributed by atoms with E-state index in [-0.39, 0.29) is 0 Å². The number of rotatable bonds is 32. The van der Waals surface area contributed by atoms with E-state index < -0.39 is 0 Å². The normalized spacial score (nSPS) is 12.5. The van der Waals surface area contributed by atoms with Gasteiger partial charge in [-0.2, -0.15) is 0 Å². The lowest BCUT2D eigenvalue weighted by Gasteiger charge is -2.30. The third-order valence-electron chi connectivity index (χ3n) is 8.49. The molecular formula is C35H76N2O2+2. The largest absolute Gasteiger partial charge is 0.376 e. The quantitative estimate of drug-likeness (QED) is 0.0607. The summed E-state index contributed by atoms with van der Waals surface area (Å²) in [5, 5.41) is 0. The first-order valence-corrected chi connectivity index (χ1v) is 17.6. The molecule has 0 aliphatic carbocycles. The Morgan fingerprint density at radius 3 is 0.897 bits per heavy atom. The minimum atomic E-state index is 0.828. The zero-order chi connectivity index (χ0) is 28.9. The van der Waals surface area contributed by atoms with Crippen molar-refractivity contribution >= 4 is 0 Å². The van der Waals surface area contributed by atoms with Gasteiger partial charge in [-0.1, -0.05) is 117 Å². The van der Waals surface area contributed by atoms with Gasteiger partial charge in [-0.3, -0.25) is 0 Å². The van der Waals surface area contributed by atoms with Crippen molar-refractivity contribution in [1.82, 2.24) is 0 Å². The average molecular weight is 557 g/mol. The van der Waals surface area contributed by atoms with Crippen LogP contribution in [0.1, 0.15) is 149 Å². The van der Waals surface area contributed by atoms with Gasteiger partial charge in [0.15, 0.2) is 0 Å². The molecule has 0 atom stereocenters. The molecule has 0 aromatic carbocycles. The van der Waals surface area contributed by atoms with Crippen molar-refractivity contribution in [2.24, 2.45) is 0 Å². The van der Waals surface area contributed by atoms with E-state index >= 15 is 0 Å². The molecule has 236 valence electrons. The van der Waals surface area contributed by atoms with E-state index in [1.54, 1.807) is 0 Å². The predicted octanol–water partition coefficient (Wildman–Crippen LogP) is 9.40. The molecule has 0 unspecified atom stereocenters. The molecule has 0 amide bonds. The lowest BCUT2D eigenvalue weighted by Crippen LogP contribution is -2.43. The molecule has 0 spiro atoms. The average Bonchev–Trinajstić information content (AvgIpc) is 2.89. The molecule has 0 saturated carbocycles. The maximum Gasteiger partial charge on any atom is 0.102 e. The fourth-order valence-corrected chi connectivity index (χ4v) is 5.37. The Kier molecular flexibility index (Phi) is 27.9.